The first-order chi connectivity index (χ1) is 11.7. The largest absolute Gasteiger partial charge is 0.378 e. The van der Waals surface area contributed by atoms with Gasteiger partial charge in [0.05, 0.1) is 18.0 Å². The van der Waals surface area contributed by atoms with Crippen LogP contribution in [0, 0.1) is 5.82 Å². The minimum absolute atomic E-state index is 0.0835. The Labute approximate surface area is 137 Å². The summed E-state index contributed by atoms with van der Waals surface area (Å²) in [7, 11) is 1.51. The maximum atomic E-state index is 13.7. The third-order valence-corrected chi connectivity index (χ3v) is 3.38. The molecule has 3 aromatic rings. The molecule has 6 nitrogen and oxygen atoms in total. The molecule has 1 heterocycles. The molecule has 0 aliphatic carbocycles. The molecule has 0 atom stereocenters. The monoisotopic (exact) mass is 326 g/mol. The molecule has 24 heavy (non-hydrogen) atoms. The Morgan fingerprint density at radius 3 is 2.58 bits per heavy atom. The van der Waals surface area contributed by atoms with E-state index < -0.39 is 11.7 Å². The second kappa shape index (κ2) is 7.01. The van der Waals surface area contributed by atoms with Gasteiger partial charge in [0.25, 0.3) is 5.91 Å². The first-order valence-electron chi connectivity index (χ1n) is 7.25. The van der Waals surface area contributed by atoms with Crippen LogP contribution in [0.15, 0.2) is 54.6 Å². The van der Waals surface area contributed by atoms with E-state index in [1.807, 2.05) is 30.3 Å². The van der Waals surface area contributed by atoms with E-state index in [-0.39, 0.29) is 18.0 Å². The van der Waals surface area contributed by atoms with E-state index in [1.54, 1.807) is 12.1 Å². The van der Waals surface area contributed by atoms with Crippen LogP contribution in [0.4, 0.5) is 10.1 Å². The fourth-order valence-corrected chi connectivity index (χ4v) is 2.26. The van der Waals surface area contributed by atoms with Gasteiger partial charge in [0, 0.05) is 7.11 Å². The predicted molar refractivity (Wildman–Crippen MR) is 86.4 cm³/mol. The van der Waals surface area contributed by atoms with Gasteiger partial charge in [0.2, 0.25) is 0 Å². The van der Waals surface area contributed by atoms with E-state index in [0.29, 0.717) is 5.69 Å². The van der Waals surface area contributed by atoms with Crippen LogP contribution in [0.5, 0.6) is 0 Å². The smallest absolute Gasteiger partial charge is 0.278 e. The number of halogens is 1. The van der Waals surface area contributed by atoms with Gasteiger partial charge in [-0.05, 0) is 24.3 Å². The standard InChI is InChI=1S/C17H15FN4O2/c1-24-11-15-16(17(23)19-14-10-6-5-9-13(14)18)20-21-22(15)12-7-3-2-4-8-12/h2-10H,11H2,1H3,(H,19,23). The van der Waals surface area contributed by atoms with Gasteiger partial charge in [-0.15, -0.1) is 5.10 Å². The van der Waals surface area contributed by atoms with Crippen LogP contribution in [-0.4, -0.2) is 28.0 Å². The second-order valence-electron chi connectivity index (χ2n) is 5.00. The average molecular weight is 326 g/mol. The summed E-state index contributed by atoms with van der Waals surface area (Å²) in [6, 6.07) is 15.2. The lowest BCUT2D eigenvalue weighted by molar-refractivity contribution is 0.101. The number of carbonyl (C=O) groups is 1. The highest BCUT2D eigenvalue weighted by atomic mass is 19.1. The van der Waals surface area contributed by atoms with Crippen molar-refractivity contribution in [3.05, 3.63) is 71.8 Å². The topological polar surface area (TPSA) is 69.0 Å². The third-order valence-electron chi connectivity index (χ3n) is 3.38. The number of ether oxygens (including phenoxy) is 1. The molecule has 0 fully saturated rings. The fourth-order valence-electron chi connectivity index (χ4n) is 2.26. The summed E-state index contributed by atoms with van der Waals surface area (Å²) in [5.41, 5.74) is 1.41. The number of nitrogens with one attached hydrogen (secondary N) is 1. The number of carbonyl (C=O) groups excluding carboxylic acids is 1. The first-order valence-corrected chi connectivity index (χ1v) is 7.25. The molecule has 0 spiro atoms. The van der Waals surface area contributed by atoms with Crippen molar-refractivity contribution < 1.29 is 13.9 Å². The molecule has 0 aliphatic heterocycles. The van der Waals surface area contributed by atoms with Gasteiger partial charge in [-0.25, -0.2) is 9.07 Å². The molecule has 2 aromatic carbocycles. The Bertz CT molecular complexity index is 849. The first kappa shape index (κ1) is 15.8. The zero-order valence-corrected chi connectivity index (χ0v) is 12.9. The van der Waals surface area contributed by atoms with Crippen molar-refractivity contribution in [2.24, 2.45) is 0 Å². The summed E-state index contributed by atoms with van der Waals surface area (Å²) in [5.74, 6) is -1.07. The molecule has 0 saturated heterocycles. The average Bonchev–Trinajstić information content (AvgIpc) is 3.02. The highest BCUT2D eigenvalue weighted by molar-refractivity contribution is 6.03. The Kier molecular flexibility index (Phi) is 4.62. The van der Waals surface area contributed by atoms with Crippen molar-refractivity contribution in [3.63, 3.8) is 0 Å². The van der Waals surface area contributed by atoms with Gasteiger partial charge in [-0.1, -0.05) is 35.5 Å². The van der Waals surface area contributed by atoms with Crippen LogP contribution in [0.25, 0.3) is 5.69 Å². The van der Waals surface area contributed by atoms with Crippen LogP contribution in [0.1, 0.15) is 16.2 Å². The summed E-state index contributed by atoms with van der Waals surface area (Å²) < 4.78 is 20.4. The number of methoxy groups -OCH3 is 1. The maximum absolute atomic E-state index is 13.7. The molecule has 0 radical (unpaired) electrons. The lowest BCUT2D eigenvalue weighted by atomic mass is 10.2. The fraction of sp³-hybridized carbons (Fsp3) is 0.118. The van der Waals surface area contributed by atoms with Gasteiger partial charge in [0.15, 0.2) is 5.69 Å². The summed E-state index contributed by atoms with van der Waals surface area (Å²) in [6.45, 7) is 0.141. The van der Waals surface area contributed by atoms with E-state index in [1.165, 1.54) is 23.9 Å². The molecule has 0 aliphatic rings. The third kappa shape index (κ3) is 3.16. The van der Waals surface area contributed by atoms with Crippen molar-refractivity contribution in [3.8, 4) is 5.69 Å². The Morgan fingerprint density at radius 1 is 1.17 bits per heavy atom. The Morgan fingerprint density at radius 2 is 1.88 bits per heavy atom. The number of aromatic nitrogens is 3. The SMILES string of the molecule is COCc1c(C(=O)Nc2ccccc2F)nnn1-c1ccccc1. The number of hydrogen-bond donors (Lipinski definition) is 1. The van der Waals surface area contributed by atoms with E-state index >= 15 is 0 Å². The van der Waals surface area contributed by atoms with E-state index in [9.17, 15) is 9.18 Å². The van der Waals surface area contributed by atoms with Crippen LogP contribution >= 0.6 is 0 Å². The van der Waals surface area contributed by atoms with E-state index in [0.717, 1.165) is 5.69 Å². The van der Waals surface area contributed by atoms with E-state index in [2.05, 4.69) is 15.6 Å². The molecule has 1 amide bonds. The quantitative estimate of drug-likeness (QED) is 0.783. The maximum Gasteiger partial charge on any atom is 0.278 e. The molecule has 1 aromatic heterocycles. The molecule has 0 bridgehead atoms. The number of anilines is 1. The summed E-state index contributed by atoms with van der Waals surface area (Å²) in [5, 5.41) is 10.5. The van der Waals surface area contributed by atoms with E-state index in [4.69, 9.17) is 4.74 Å². The molecule has 7 heteroatoms. The van der Waals surface area contributed by atoms with Crippen LogP contribution < -0.4 is 5.32 Å². The number of benzene rings is 2. The summed E-state index contributed by atoms with van der Waals surface area (Å²) >= 11 is 0. The molecule has 3 rings (SSSR count). The van der Waals surface area contributed by atoms with Crippen molar-refractivity contribution in [1.82, 2.24) is 15.0 Å². The predicted octanol–water partition coefficient (Wildman–Crippen LogP) is 2.81. The molecular formula is C17H15FN4O2. The van der Waals surface area contributed by atoms with Crippen LogP contribution in [0.3, 0.4) is 0 Å². The number of nitrogens with zero attached hydrogens (tertiary/aromatic N) is 3. The Hall–Kier alpha value is -3.06. The molecule has 0 unspecified atom stereocenters. The van der Waals surface area contributed by atoms with Gasteiger partial charge in [0.1, 0.15) is 11.5 Å². The highest BCUT2D eigenvalue weighted by Gasteiger charge is 2.21. The number of rotatable bonds is 5. The van der Waals surface area contributed by atoms with Gasteiger partial charge >= 0.3 is 0 Å². The summed E-state index contributed by atoms with van der Waals surface area (Å²) in [6.07, 6.45) is 0. The minimum atomic E-state index is -0.547. The molecule has 1 N–H and O–H groups in total. The Balaban J connectivity index is 1.94. The van der Waals surface area contributed by atoms with Gasteiger partial charge in [-0.2, -0.15) is 0 Å². The minimum Gasteiger partial charge on any atom is -0.378 e. The van der Waals surface area contributed by atoms with Crippen molar-refractivity contribution in [2.45, 2.75) is 6.61 Å². The normalized spacial score (nSPS) is 10.6. The zero-order valence-electron chi connectivity index (χ0n) is 12.9. The van der Waals surface area contributed by atoms with Gasteiger partial charge < -0.3 is 10.1 Å². The number of amides is 1. The lowest BCUT2D eigenvalue weighted by Gasteiger charge is -2.08. The summed E-state index contributed by atoms with van der Waals surface area (Å²) in [4.78, 5) is 12.5. The zero-order chi connectivity index (χ0) is 16.9. The number of hydrogen-bond acceptors (Lipinski definition) is 4. The molecule has 0 saturated carbocycles. The van der Waals surface area contributed by atoms with Crippen molar-refractivity contribution in [1.29, 1.82) is 0 Å². The van der Waals surface area contributed by atoms with Crippen LogP contribution in [-0.2, 0) is 11.3 Å². The molecular weight excluding hydrogens is 311 g/mol. The second-order valence-corrected chi connectivity index (χ2v) is 5.00. The lowest BCUT2D eigenvalue weighted by Crippen LogP contribution is -2.16. The number of para-hydroxylation sites is 2. The van der Waals surface area contributed by atoms with Crippen LogP contribution in [0.2, 0.25) is 0 Å². The highest BCUT2D eigenvalue weighted by Crippen LogP contribution is 2.17. The van der Waals surface area contributed by atoms with Crippen molar-refractivity contribution in [2.75, 3.05) is 12.4 Å². The van der Waals surface area contributed by atoms with Crippen molar-refractivity contribution >= 4 is 11.6 Å². The van der Waals surface area contributed by atoms with Gasteiger partial charge in [-0.3, -0.25) is 4.79 Å². The molecule has 122 valence electrons.